The summed E-state index contributed by atoms with van der Waals surface area (Å²) < 4.78 is 18.2. The zero-order valence-corrected chi connectivity index (χ0v) is 16.5. The van der Waals surface area contributed by atoms with Gasteiger partial charge in [-0.25, -0.2) is 4.39 Å². The van der Waals surface area contributed by atoms with Gasteiger partial charge in [-0.1, -0.05) is 30.3 Å². The Morgan fingerprint density at radius 3 is 2.62 bits per heavy atom. The van der Waals surface area contributed by atoms with Crippen LogP contribution in [0.1, 0.15) is 11.1 Å². The van der Waals surface area contributed by atoms with Crippen LogP contribution < -0.4 is 10.1 Å². The minimum atomic E-state index is -0.427. The number of para-hydroxylation sites is 1. The molecule has 1 N–H and O–H groups in total. The molecule has 1 aliphatic rings. The summed E-state index contributed by atoms with van der Waals surface area (Å²) in [6, 6.07) is 12.8. The lowest BCUT2D eigenvalue weighted by atomic mass is 10.1. The molecule has 0 unspecified atom stereocenters. The Morgan fingerprint density at radius 1 is 1.17 bits per heavy atom. The van der Waals surface area contributed by atoms with Crippen molar-refractivity contribution in [2.75, 3.05) is 20.2 Å². The van der Waals surface area contributed by atoms with E-state index in [1.54, 1.807) is 18.2 Å². The molecule has 8 heteroatoms. The Balaban J connectivity index is 1.54. The highest BCUT2D eigenvalue weighted by Crippen LogP contribution is 2.31. The van der Waals surface area contributed by atoms with Gasteiger partial charge >= 0.3 is 0 Å². The van der Waals surface area contributed by atoms with E-state index in [0.717, 1.165) is 22.2 Å². The fourth-order valence-electron chi connectivity index (χ4n) is 2.79. The molecule has 1 fully saturated rings. The summed E-state index contributed by atoms with van der Waals surface area (Å²) >= 11 is 0.823. The maximum atomic E-state index is 13.0. The van der Waals surface area contributed by atoms with Crippen LogP contribution in [0.3, 0.4) is 0 Å². The van der Waals surface area contributed by atoms with Crippen LogP contribution in [0.15, 0.2) is 53.4 Å². The molecule has 6 nitrogen and oxygen atoms in total. The third kappa shape index (κ3) is 5.23. The minimum Gasteiger partial charge on any atom is -0.496 e. The number of halogens is 1. The number of carbonyl (C=O) groups excluding carboxylic acids is 3. The maximum Gasteiger partial charge on any atom is 0.293 e. The highest BCUT2D eigenvalue weighted by atomic mass is 32.2. The summed E-state index contributed by atoms with van der Waals surface area (Å²) in [6.07, 6.45) is 1.68. The standard InChI is InChI=1S/C21H19FN2O4S/c1-28-17-5-3-2-4-15(17)13-19(25)23-10-11-24-20(26)18(29-21(24)27)12-14-6-8-16(22)9-7-14/h2-9,12H,10-11,13H2,1H3,(H,23,25)/b18-12+. The summed E-state index contributed by atoms with van der Waals surface area (Å²) in [6.45, 7) is 0.221. The molecule has 2 aromatic rings. The normalized spacial score (nSPS) is 15.1. The molecule has 1 aliphatic heterocycles. The third-order valence-electron chi connectivity index (χ3n) is 4.24. The molecule has 0 aromatic heterocycles. The second-order valence-electron chi connectivity index (χ2n) is 6.22. The molecule has 150 valence electrons. The van der Waals surface area contributed by atoms with Crippen LogP contribution >= 0.6 is 11.8 Å². The highest BCUT2D eigenvalue weighted by Gasteiger charge is 2.34. The number of amides is 3. The molecular formula is C21H19FN2O4S. The summed E-state index contributed by atoms with van der Waals surface area (Å²) in [7, 11) is 1.54. The first kappa shape index (κ1) is 20.6. The molecule has 0 aliphatic carbocycles. The summed E-state index contributed by atoms with van der Waals surface area (Å²) in [5, 5.41) is 2.31. The lowest BCUT2D eigenvalue weighted by molar-refractivity contribution is -0.124. The Hall–Kier alpha value is -3.13. The van der Waals surface area contributed by atoms with Gasteiger partial charge in [0.25, 0.3) is 11.1 Å². The maximum absolute atomic E-state index is 13.0. The lowest BCUT2D eigenvalue weighted by Crippen LogP contribution is -2.37. The van der Waals surface area contributed by atoms with E-state index in [2.05, 4.69) is 5.32 Å². The average molecular weight is 414 g/mol. The first-order chi connectivity index (χ1) is 14.0. The largest absolute Gasteiger partial charge is 0.496 e. The van der Waals surface area contributed by atoms with E-state index < -0.39 is 11.1 Å². The Kier molecular flexibility index (Phi) is 6.66. The number of ether oxygens (including phenoxy) is 1. The predicted molar refractivity (Wildman–Crippen MR) is 109 cm³/mol. The molecule has 0 radical (unpaired) electrons. The van der Waals surface area contributed by atoms with Gasteiger partial charge in [0, 0.05) is 18.7 Å². The van der Waals surface area contributed by atoms with Crippen LogP contribution in [0.25, 0.3) is 6.08 Å². The van der Waals surface area contributed by atoms with Gasteiger partial charge in [-0.15, -0.1) is 0 Å². The lowest BCUT2D eigenvalue weighted by Gasteiger charge is -2.13. The summed E-state index contributed by atoms with van der Waals surface area (Å²) in [5.41, 5.74) is 1.38. The van der Waals surface area contributed by atoms with Crippen LogP contribution in [0.5, 0.6) is 5.75 Å². The average Bonchev–Trinajstić information content (AvgIpc) is 2.97. The molecule has 2 aromatic carbocycles. The Labute approximate surface area is 171 Å². The highest BCUT2D eigenvalue weighted by molar-refractivity contribution is 8.18. The van der Waals surface area contributed by atoms with Gasteiger partial charge in [0.2, 0.25) is 5.91 Å². The monoisotopic (exact) mass is 414 g/mol. The van der Waals surface area contributed by atoms with E-state index in [0.29, 0.717) is 11.3 Å². The molecular weight excluding hydrogens is 395 g/mol. The second kappa shape index (κ2) is 9.38. The first-order valence-electron chi connectivity index (χ1n) is 8.87. The Morgan fingerprint density at radius 2 is 1.90 bits per heavy atom. The van der Waals surface area contributed by atoms with E-state index >= 15 is 0 Å². The molecule has 1 saturated heterocycles. The van der Waals surface area contributed by atoms with E-state index in [1.165, 1.54) is 31.4 Å². The van der Waals surface area contributed by atoms with Crippen LogP contribution in [0.4, 0.5) is 9.18 Å². The number of imide groups is 1. The number of hydrogen-bond donors (Lipinski definition) is 1. The molecule has 0 atom stereocenters. The fourth-order valence-corrected chi connectivity index (χ4v) is 3.66. The number of hydrogen-bond acceptors (Lipinski definition) is 5. The van der Waals surface area contributed by atoms with Crippen molar-refractivity contribution >= 4 is 34.9 Å². The third-order valence-corrected chi connectivity index (χ3v) is 5.15. The number of rotatable bonds is 7. The van der Waals surface area contributed by atoms with Crippen molar-refractivity contribution in [1.29, 1.82) is 0 Å². The molecule has 3 rings (SSSR count). The smallest absolute Gasteiger partial charge is 0.293 e. The second-order valence-corrected chi connectivity index (χ2v) is 7.22. The fraction of sp³-hybridized carbons (Fsp3) is 0.190. The number of nitrogens with zero attached hydrogens (tertiary/aromatic N) is 1. The van der Waals surface area contributed by atoms with Crippen molar-refractivity contribution in [1.82, 2.24) is 10.2 Å². The molecule has 0 saturated carbocycles. The van der Waals surface area contributed by atoms with Gasteiger partial charge in [-0.2, -0.15) is 0 Å². The number of carbonyl (C=O) groups is 3. The summed E-state index contributed by atoms with van der Waals surface area (Å²) in [5.74, 6) is -0.412. The van der Waals surface area contributed by atoms with E-state index in [4.69, 9.17) is 4.74 Å². The number of thioether (sulfide) groups is 1. The van der Waals surface area contributed by atoms with Crippen LogP contribution in [0.2, 0.25) is 0 Å². The van der Waals surface area contributed by atoms with Gasteiger partial charge in [0.1, 0.15) is 11.6 Å². The van der Waals surface area contributed by atoms with Crippen molar-refractivity contribution in [2.45, 2.75) is 6.42 Å². The zero-order valence-electron chi connectivity index (χ0n) is 15.7. The molecule has 0 bridgehead atoms. The number of methoxy groups -OCH3 is 1. The topological polar surface area (TPSA) is 75.7 Å². The molecule has 0 spiro atoms. The minimum absolute atomic E-state index is 0.0725. The SMILES string of the molecule is COc1ccccc1CC(=O)NCCN1C(=O)S/C(=C/c2ccc(F)cc2)C1=O. The Bertz CT molecular complexity index is 959. The quantitative estimate of drug-likeness (QED) is 0.704. The summed E-state index contributed by atoms with van der Waals surface area (Å²) in [4.78, 5) is 38.1. The number of benzene rings is 2. The van der Waals surface area contributed by atoms with Gasteiger partial charge < -0.3 is 10.1 Å². The van der Waals surface area contributed by atoms with Gasteiger partial charge in [-0.05, 0) is 41.6 Å². The van der Waals surface area contributed by atoms with Gasteiger partial charge in [0.15, 0.2) is 0 Å². The van der Waals surface area contributed by atoms with E-state index in [-0.39, 0.29) is 36.1 Å². The van der Waals surface area contributed by atoms with Crippen LogP contribution in [0, 0.1) is 5.82 Å². The van der Waals surface area contributed by atoms with Crippen molar-refractivity contribution in [3.05, 3.63) is 70.4 Å². The van der Waals surface area contributed by atoms with Crippen molar-refractivity contribution in [3.63, 3.8) is 0 Å². The van der Waals surface area contributed by atoms with Crippen molar-refractivity contribution in [2.24, 2.45) is 0 Å². The van der Waals surface area contributed by atoms with Crippen molar-refractivity contribution in [3.8, 4) is 5.75 Å². The first-order valence-corrected chi connectivity index (χ1v) is 9.69. The van der Waals surface area contributed by atoms with Gasteiger partial charge in [-0.3, -0.25) is 19.3 Å². The van der Waals surface area contributed by atoms with Gasteiger partial charge in [0.05, 0.1) is 18.4 Å². The zero-order chi connectivity index (χ0) is 20.8. The predicted octanol–water partition coefficient (Wildman–Crippen LogP) is 3.23. The molecule has 1 heterocycles. The van der Waals surface area contributed by atoms with E-state index in [1.807, 2.05) is 12.1 Å². The van der Waals surface area contributed by atoms with Crippen LogP contribution in [-0.2, 0) is 16.0 Å². The van der Waals surface area contributed by atoms with Crippen LogP contribution in [-0.4, -0.2) is 42.2 Å². The molecule has 29 heavy (non-hydrogen) atoms. The van der Waals surface area contributed by atoms with E-state index in [9.17, 15) is 18.8 Å². The number of nitrogens with one attached hydrogen (secondary N) is 1. The molecule has 3 amide bonds. The van der Waals surface area contributed by atoms with Crippen molar-refractivity contribution < 1.29 is 23.5 Å².